The van der Waals surface area contributed by atoms with Crippen LogP contribution in [0, 0.1) is 11.3 Å². The summed E-state index contributed by atoms with van der Waals surface area (Å²) >= 11 is 1.38. The number of nitriles is 1. The van der Waals surface area contributed by atoms with E-state index in [1.807, 2.05) is 12.1 Å². The quantitative estimate of drug-likeness (QED) is 0.165. The molecular formula is C31H40N4O7S2. The van der Waals surface area contributed by atoms with Crippen LogP contribution in [0.15, 0.2) is 53.4 Å². The van der Waals surface area contributed by atoms with Crippen LogP contribution in [0.25, 0.3) is 26.8 Å². The molecule has 1 aromatic heterocycles. The van der Waals surface area contributed by atoms with Gasteiger partial charge in [-0.25, -0.2) is 13.1 Å². The van der Waals surface area contributed by atoms with Crippen molar-refractivity contribution in [2.45, 2.75) is 38.3 Å². The second kappa shape index (κ2) is 15.4. The van der Waals surface area contributed by atoms with E-state index < -0.39 is 39.3 Å². The second-order valence-corrected chi connectivity index (χ2v) is 13.4. The minimum absolute atomic E-state index is 0.247. The fourth-order valence-electron chi connectivity index (χ4n) is 4.98. The molecule has 5 N–H and O–H groups in total. The highest BCUT2D eigenvalue weighted by atomic mass is 32.2. The Hall–Kier alpha value is -2.90. The Morgan fingerprint density at radius 3 is 2.59 bits per heavy atom. The molecule has 238 valence electrons. The van der Waals surface area contributed by atoms with Gasteiger partial charge >= 0.3 is 0 Å². The molecule has 2 heterocycles. The molecule has 3 aromatic rings. The van der Waals surface area contributed by atoms with Crippen LogP contribution in [0.1, 0.15) is 18.7 Å². The molecular weight excluding hydrogens is 604 g/mol. The summed E-state index contributed by atoms with van der Waals surface area (Å²) in [6, 6.07) is 17.9. The average Bonchev–Trinajstić information content (AvgIpc) is 3.52. The Bertz CT molecular complexity index is 1600. The number of thiophene rings is 1. The van der Waals surface area contributed by atoms with Gasteiger partial charge in [-0.2, -0.15) is 5.26 Å². The van der Waals surface area contributed by atoms with Gasteiger partial charge in [-0.1, -0.05) is 25.1 Å². The minimum Gasteiger partial charge on any atom is -0.388 e. The molecule has 0 aliphatic carbocycles. The SMILES string of the molecule is CCN(CCNc1ccc2cc(-c3ccc(/C(C)=C(\C#N)S(=O)(=O)NC[C@H]4OC[C@H](O)[C@@H](O)[C@@H]4O)s3)ccc2c1)CCOC. The highest BCUT2D eigenvalue weighted by Gasteiger charge is 2.38. The number of hydrogen-bond donors (Lipinski definition) is 5. The first-order chi connectivity index (χ1) is 21.1. The zero-order valence-corrected chi connectivity index (χ0v) is 26.7. The lowest BCUT2D eigenvalue weighted by atomic mass is 10.0. The number of nitrogens with one attached hydrogen (secondary N) is 2. The number of allylic oxidation sites excluding steroid dienone is 2. The van der Waals surface area contributed by atoms with Crippen molar-refractivity contribution < 1.29 is 33.2 Å². The fourth-order valence-corrected chi connectivity index (χ4v) is 7.21. The molecule has 11 nitrogen and oxygen atoms in total. The molecule has 4 atom stereocenters. The first kappa shape index (κ1) is 34.0. The number of aliphatic hydroxyl groups is 3. The lowest BCUT2D eigenvalue weighted by molar-refractivity contribution is -0.184. The van der Waals surface area contributed by atoms with E-state index in [9.17, 15) is 29.0 Å². The molecule has 0 spiro atoms. The van der Waals surface area contributed by atoms with Crippen LogP contribution in [0.3, 0.4) is 0 Å². The van der Waals surface area contributed by atoms with Gasteiger partial charge in [-0.3, -0.25) is 4.90 Å². The number of rotatable bonds is 14. The van der Waals surface area contributed by atoms with Crippen LogP contribution in [0.5, 0.6) is 0 Å². The predicted molar refractivity (Wildman–Crippen MR) is 173 cm³/mol. The minimum atomic E-state index is -4.25. The normalized spacial score (nSPS) is 21.3. The lowest BCUT2D eigenvalue weighted by Crippen LogP contribution is -2.56. The van der Waals surface area contributed by atoms with Crippen LogP contribution in [-0.2, 0) is 19.5 Å². The standard InChI is InChI=1S/C31H40N4O7S2/c1-4-35(13-14-41-3)12-11-33-24-8-7-21-15-23(6-5-22(21)16-24)28-10-9-27(43-28)20(2)29(17-32)44(39,40)34-18-26-31(38)30(37)25(36)19-42-26/h5-10,15-16,25-26,30-31,33-34,36-38H,4,11-14,18-19H2,1-3H3/b29-20+/t25-,26+,30+,31+/m0/s1. The fraction of sp³-hybridized carbons (Fsp3) is 0.452. The van der Waals surface area contributed by atoms with E-state index in [1.54, 1.807) is 26.2 Å². The maximum atomic E-state index is 13.0. The smallest absolute Gasteiger partial charge is 0.251 e. The molecule has 44 heavy (non-hydrogen) atoms. The van der Waals surface area contributed by atoms with Crippen molar-refractivity contribution in [1.82, 2.24) is 9.62 Å². The summed E-state index contributed by atoms with van der Waals surface area (Å²) < 4.78 is 38.8. The van der Waals surface area contributed by atoms with Gasteiger partial charge in [0.15, 0.2) is 4.91 Å². The maximum Gasteiger partial charge on any atom is 0.251 e. The summed E-state index contributed by atoms with van der Waals surface area (Å²) in [5, 5.41) is 45.0. The van der Waals surface area contributed by atoms with Crippen molar-refractivity contribution >= 4 is 43.4 Å². The van der Waals surface area contributed by atoms with E-state index in [-0.39, 0.29) is 18.7 Å². The van der Waals surface area contributed by atoms with Crippen molar-refractivity contribution in [3.63, 3.8) is 0 Å². The molecule has 2 aromatic carbocycles. The van der Waals surface area contributed by atoms with Crippen LogP contribution in [0.2, 0.25) is 0 Å². The number of fused-ring (bicyclic) bond motifs is 1. The third-order valence-electron chi connectivity index (χ3n) is 7.71. The molecule has 1 fully saturated rings. The molecule has 0 amide bonds. The summed E-state index contributed by atoms with van der Waals surface area (Å²) in [7, 11) is -2.54. The number of benzene rings is 2. The Labute approximate surface area is 262 Å². The first-order valence-corrected chi connectivity index (χ1v) is 16.7. The van der Waals surface area contributed by atoms with Gasteiger partial charge in [-0.15, -0.1) is 11.3 Å². The molecule has 0 unspecified atom stereocenters. The predicted octanol–water partition coefficient (Wildman–Crippen LogP) is 2.60. The third kappa shape index (κ3) is 8.22. The molecule has 0 saturated carbocycles. The monoisotopic (exact) mass is 644 g/mol. The molecule has 0 radical (unpaired) electrons. The van der Waals surface area contributed by atoms with E-state index in [0.29, 0.717) is 11.5 Å². The molecule has 13 heteroatoms. The number of ether oxygens (including phenoxy) is 2. The number of likely N-dealkylation sites (N-methyl/N-ethyl adjacent to an activating group) is 1. The number of sulfonamides is 1. The van der Waals surface area contributed by atoms with Gasteiger partial charge < -0.3 is 30.1 Å². The van der Waals surface area contributed by atoms with E-state index in [0.717, 1.165) is 53.1 Å². The van der Waals surface area contributed by atoms with Gasteiger partial charge in [-0.05, 0) is 65.7 Å². The number of anilines is 1. The van der Waals surface area contributed by atoms with Crippen molar-refractivity contribution in [2.75, 3.05) is 58.4 Å². The highest BCUT2D eigenvalue weighted by Crippen LogP contribution is 2.35. The van der Waals surface area contributed by atoms with Crippen LogP contribution in [0.4, 0.5) is 5.69 Å². The Morgan fingerprint density at radius 1 is 1.11 bits per heavy atom. The van der Waals surface area contributed by atoms with E-state index >= 15 is 0 Å². The van der Waals surface area contributed by atoms with E-state index in [4.69, 9.17) is 9.47 Å². The van der Waals surface area contributed by atoms with Crippen LogP contribution < -0.4 is 10.0 Å². The second-order valence-electron chi connectivity index (χ2n) is 10.6. The third-order valence-corrected chi connectivity index (χ3v) is 10.4. The summed E-state index contributed by atoms with van der Waals surface area (Å²) in [6.07, 6.45) is -5.28. The van der Waals surface area contributed by atoms with Gasteiger partial charge in [0.2, 0.25) is 0 Å². The molecule has 0 bridgehead atoms. The van der Waals surface area contributed by atoms with E-state index in [1.165, 1.54) is 11.3 Å². The number of nitrogens with zero attached hydrogens (tertiary/aromatic N) is 2. The zero-order chi connectivity index (χ0) is 31.9. The van der Waals surface area contributed by atoms with E-state index in [2.05, 4.69) is 52.2 Å². The molecule has 4 rings (SSSR count). The van der Waals surface area contributed by atoms with Crippen molar-refractivity contribution in [2.24, 2.45) is 0 Å². The van der Waals surface area contributed by atoms with Crippen molar-refractivity contribution in [1.29, 1.82) is 5.26 Å². The van der Waals surface area contributed by atoms with Gasteiger partial charge in [0.05, 0.1) is 19.3 Å². The van der Waals surface area contributed by atoms with Crippen LogP contribution in [-0.4, -0.2) is 106 Å². The van der Waals surface area contributed by atoms with Crippen molar-refractivity contribution in [3.05, 3.63) is 58.3 Å². The topological polar surface area (TPSA) is 164 Å². The van der Waals surface area contributed by atoms with Gasteiger partial charge in [0, 0.05) is 48.7 Å². The first-order valence-electron chi connectivity index (χ1n) is 14.4. The number of methoxy groups -OCH3 is 1. The summed E-state index contributed by atoms with van der Waals surface area (Å²) in [4.78, 5) is 3.43. The lowest BCUT2D eigenvalue weighted by Gasteiger charge is -2.35. The summed E-state index contributed by atoms with van der Waals surface area (Å²) in [5.74, 6) is 0. The molecule has 1 saturated heterocycles. The average molecular weight is 645 g/mol. The summed E-state index contributed by atoms with van der Waals surface area (Å²) in [6.45, 7) is 7.42. The summed E-state index contributed by atoms with van der Waals surface area (Å²) in [5.41, 5.74) is 2.31. The maximum absolute atomic E-state index is 13.0. The Balaban J connectivity index is 1.44. The van der Waals surface area contributed by atoms with Gasteiger partial charge in [0.25, 0.3) is 10.0 Å². The Morgan fingerprint density at radius 2 is 1.86 bits per heavy atom. The highest BCUT2D eigenvalue weighted by molar-refractivity contribution is 7.93. The zero-order valence-electron chi connectivity index (χ0n) is 25.1. The number of aliphatic hydroxyl groups excluding tert-OH is 3. The number of hydrogen-bond acceptors (Lipinski definition) is 11. The van der Waals surface area contributed by atoms with Crippen molar-refractivity contribution in [3.8, 4) is 16.5 Å². The largest absolute Gasteiger partial charge is 0.388 e. The van der Waals surface area contributed by atoms with Crippen LogP contribution >= 0.6 is 11.3 Å². The Kier molecular flexibility index (Phi) is 11.9. The molecule has 1 aliphatic rings. The van der Waals surface area contributed by atoms with Gasteiger partial charge in [0.1, 0.15) is 24.4 Å². The molecule has 1 aliphatic heterocycles.